The molecular weight excluding hydrogens is 164 g/mol. The van der Waals surface area contributed by atoms with Gasteiger partial charge in [0.2, 0.25) is 0 Å². The Morgan fingerprint density at radius 1 is 1.54 bits per heavy atom. The van der Waals surface area contributed by atoms with Crippen LogP contribution >= 0.6 is 0 Å². The van der Waals surface area contributed by atoms with Crippen molar-refractivity contribution in [2.24, 2.45) is 5.41 Å². The van der Waals surface area contributed by atoms with Crippen molar-refractivity contribution in [2.75, 3.05) is 0 Å². The van der Waals surface area contributed by atoms with Gasteiger partial charge in [0, 0.05) is 17.3 Å². The maximum atomic E-state index is 11.6. The van der Waals surface area contributed by atoms with Gasteiger partial charge in [0.25, 0.3) is 0 Å². The van der Waals surface area contributed by atoms with Crippen LogP contribution in [0.25, 0.3) is 0 Å². The van der Waals surface area contributed by atoms with E-state index in [0.717, 1.165) is 5.69 Å². The van der Waals surface area contributed by atoms with Crippen molar-refractivity contribution in [3.63, 3.8) is 0 Å². The molecular formula is C10H16N2O. The van der Waals surface area contributed by atoms with Gasteiger partial charge in [-0.2, -0.15) is 0 Å². The fraction of sp³-hybridized carbons (Fsp3) is 0.600. The van der Waals surface area contributed by atoms with Crippen molar-refractivity contribution in [2.45, 2.75) is 34.2 Å². The second kappa shape index (κ2) is 3.32. The minimum Gasteiger partial charge on any atom is -0.327 e. The Labute approximate surface area is 78.8 Å². The predicted molar refractivity (Wildman–Crippen MR) is 51.4 cm³/mol. The first-order chi connectivity index (χ1) is 5.91. The first kappa shape index (κ1) is 9.96. The van der Waals surface area contributed by atoms with E-state index in [0.29, 0.717) is 6.54 Å². The second-order valence-corrected chi connectivity index (χ2v) is 4.34. The molecule has 0 saturated carbocycles. The minimum atomic E-state index is -0.267. The molecule has 3 heteroatoms. The molecule has 0 radical (unpaired) electrons. The molecule has 3 nitrogen and oxygen atoms in total. The highest BCUT2D eigenvalue weighted by atomic mass is 16.1. The zero-order chi connectivity index (χ0) is 10.1. The van der Waals surface area contributed by atoms with E-state index in [1.165, 1.54) is 0 Å². The first-order valence-corrected chi connectivity index (χ1v) is 4.41. The summed E-state index contributed by atoms with van der Waals surface area (Å²) in [6, 6.07) is 0. The van der Waals surface area contributed by atoms with Crippen molar-refractivity contribution >= 4 is 5.78 Å². The number of aryl methyl sites for hydroxylation is 1. The van der Waals surface area contributed by atoms with Crippen molar-refractivity contribution in [3.05, 3.63) is 18.2 Å². The van der Waals surface area contributed by atoms with Crippen LogP contribution in [-0.2, 0) is 11.3 Å². The third-order valence-corrected chi connectivity index (χ3v) is 2.07. The maximum absolute atomic E-state index is 11.6. The third kappa shape index (κ3) is 2.41. The van der Waals surface area contributed by atoms with Crippen molar-refractivity contribution < 1.29 is 4.79 Å². The monoisotopic (exact) mass is 180 g/mol. The normalized spacial score (nSPS) is 11.7. The van der Waals surface area contributed by atoms with Gasteiger partial charge in [0.05, 0.1) is 12.9 Å². The molecule has 0 bridgehead atoms. The Bertz CT molecular complexity index is 307. The molecule has 0 aliphatic rings. The van der Waals surface area contributed by atoms with E-state index in [2.05, 4.69) is 4.98 Å². The average Bonchev–Trinajstić information content (AvgIpc) is 2.34. The number of rotatable bonds is 2. The summed E-state index contributed by atoms with van der Waals surface area (Å²) in [6.07, 6.45) is 3.45. The van der Waals surface area contributed by atoms with Gasteiger partial charge >= 0.3 is 0 Å². The van der Waals surface area contributed by atoms with Gasteiger partial charge in [-0.05, 0) is 6.92 Å². The first-order valence-electron chi connectivity index (χ1n) is 4.41. The lowest BCUT2D eigenvalue weighted by molar-refractivity contribution is -0.126. The minimum absolute atomic E-state index is 0.230. The highest BCUT2D eigenvalue weighted by molar-refractivity contribution is 5.83. The number of Topliss-reactive ketones (excluding diaryl/α,β-unsaturated/α-hetero) is 1. The maximum Gasteiger partial charge on any atom is 0.157 e. The largest absolute Gasteiger partial charge is 0.327 e. The summed E-state index contributed by atoms with van der Waals surface area (Å²) in [5.74, 6) is 0.230. The standard InChI is InChI=1S/C10H16N2O/c1-8-5-11-7-12(8)6-9(13)10(2,3)4/h5,7H,6H2,1-4H3. The highest BCUT2D eigenvalue weighted by Gasteiger charge is 2.21. The lowest BCUT2D eigenvalue weighted by Crippen LogP contribution is -2.25. The topological polar surface area (TPSA) is 34.9 Å². The van der Waals surface area contributed by atoms with Crippen molar-refractivity contribution in [1.29, 1.82) is 0 Å². The van der Waals surface area contributed by atoms with E-state index >= 15 is 0 Å². The number of ketones is 1. The summed E-state index contributed by atoms with van der Waals surface area (Å²) >= 11 is 0. The molecule has 0 amide bonds. The van der Waals surface area contributed by atoms with E-state index in [1.54, 1.807) is 12.5 Å². The SMILES string of the molecule is Cc1cncn1CC(=O)C(C)(C)C. The fourth-order valence-corrected chi connectivity index (χ4v) is 0.944. The lowest BCUT2D eigenvalue weighted by atomic mass is 9.91. The second-order valence-electron chi connectivity index (χ2n) is 4.34. The van der Waals surface area contributed by atoms with Crippen LogP contribution in [0.1, 0.15) is 26.5 Å². The molecule has 72 valence electrons. The quantitative estimate of drug-likeness (QED) is 0.695. The van der Waals surface area contributed by atoms with E-state index in [9.17, 15) is 4.79 Å². The Kier molecular flexibility index (Phi) is 2.55. The lowest BCUT2D eigenvalue weighted by Gasteiger charge is -2.17. The van der Waals surface area contributed by atoms with E-state index < -0.39 is 0 Å². The van der Waals surface area contributed by atoms with Gasteiger partial charge in [-0.15, -0.1) is 0 Å². The van der Waals surface area contributed by atoms with Gasteiger partial charge in [-0.25, -0.2) is 4.98 Å². The van der Waals surface area contributed by atoms with E-state index in [1.807, 2.05) is 32.3 Å². The number of carbonyl (C=O) groups is 1. The molecule has 0 aromatic carbocycles. The third-order valence-electron chi connectivity index (χ3n) is 2.07. The van der Waals surface area contributed by atoms with Crippen LogP contribution in [-0.4, -0.2) is 15.3 Å². The van der Waals surface area contributed by atoms with Crippen LogP contribution in [0.4, 0.5) is 0 Å². The zero-order valence-corrected chi connectivity index (χ0v) is 8.66. The molecule has 1 rings (SSSR count). The van der Waals surface area contributed by atoms with Crippen LogP contribution in [0, 0.1) is 12.3 Å². The van der Waals surface area contributed by atoms with Crippen LogP contribution in [0.5, 0.6) is 0 Å². The number of imidazole rings is 1. The van der Waals surface area contributed by atoms with Crippen LogP contribution in [0.15, 0.2) is 12.5 Å². The van der Waals surface area contributed by atoms with Gasteiger partial charge < -0.3 is 4.57 Å². The summed E-state index contributed by atoms with van der Waals surface area (Å²) in [5, 5.41) is 0. The Morgan fingerprint density at radius 3 is 2.54 bits per heavy atom. The highest BCUT2D eigenvalue weighted by Crippen LogP contribution is 2.15. The van der Waals surface area contributed by atoms with E-state index in [-0.39, 0.29) is 11.2 Å². The molecule has 0 aliphatic heterocycles. The molecule has 0 saturated heterocycles. The van der Waals surface area contributed by atoms with Gasteiger partial charge in [-0.3, -0.25) is 4.79 Å². The molecule has 0 atom stereocenters. The smallest absolute Gasteiger partial charge is 0.157 e. The summed E-state index contributed by atoms with van der Waals surface area (Å²) in [7, 11) is 0. The summed E-state index contributed by atoms with van der Waals surface area (Å²) in [6.45, 7) is 8.17. The molecule has 1 aromatic rings. The molecule has 0 fully saturated rings. The van der Waals surface area contributed by atoms with Crippen LogP contribution in [0.2, 0.25) is 0 Å². The number of carbonyl (C=O) groups excluding carboxylic acids is 1. The van der Waals surface area contributed by atoms with E-state index in [4.69, 9.17) is 0 Å². The summed E-state index contributed by atoms with van der Waals surface area (Å²) < 4.78 is 1.87. The Morgan fingerprint density at radius 2 is 2.15 bits per heavy atom. The van der Waals surface area contributed by atoms with Gasteiger partial charge in [0.15, 0.2) is 5.78 Å². The molecule has 1 heterocycles. The Balaban J connectivity index is 2.71. The molecule has 1 aromatic heterocycles. The number of nitrogens with zero attached hydrogens (tertiary/aromatic N) is 2. The average molecular weight is 180 g/mol. The zero-order valence-electron chi connectivity index (χ0n) is 8.66. The van der Waals surface area contributed by atoms with Crippen molar-refractivity contribution in [3.8, 4) is 0 Å². The van der Waals surface area contributed by atoms with Crippen LogP contribution < -0.4 is 0 Å². The summed E-state index contributed by atoms with van der Waals surface area (Å²) in [4.78, 5) is 15.6. The molecule has 0 aliphatic carbocycles. The van der Waals surface area contributed by atoms with Crippen LogP contribution in [0.3, 0.4) is 0 Å². The van der Waals surface area contributed by atoms with Gasteiger partial charge in [-0.1, -0.05) is 20.8 Å². The number of hydrogen-bond acceptors (Lipinski definition) is 2. The van der Waals surface area contributed by atoms with Gasteiger partial charge in [0.1, 0.15) is 0 Å². The molecule has 0 spiro atoms. The molecule has 0 N–H and O–H groups in total. The Hall–Kier alpha value is -1.12. The molecule has 0 unspecified atom stereocenters. The van der Waals surface area contributed by atoms with Crippen molar-refractivity contribution in [1.82, 2.24) is 9.55 Å². The number of hydrogen-bond donors (Lipinski definition) is 0. The molecule has 13 heavy (non-hydrogen) atoms. The number of aromatic nitrogens is 2. The predicted octanol–water partition coefficient (Wildman–Crippen LogP) is 1.81. The summed E-state index contributed by atoms with van der Waals surface area (Å²) in [5.41, 5.74) is 0.758. The fourth-order valence-electron chi connectivity index (χ4n) is 0.944.